The van der Waals surface area contributed by atoms with Crippen molar-refractivity contribution in [1.82, 2.24) is 0 Å². The lowest BCUT2D eigenvalue weighted by atomic mass is 10.0. The molecule has 0 fully saturated rings. The van der Waals surface area contributed by atoms with Gasteiger partial charge in [0.05, 0.1) is 0 Å². The average molecular weight is 907 g/mol. The zero-order valence-corrected chi connectivity index (χ0v) is 40.7. The topological polar surface area (TPSA) is 78.9 Å². The van der Waals surface area contributed by atoms with E-state index in [1.54, 1.807) is 0 Å². The smallest absolute Gasteiger partial charge is 0.317 e. The van der Waals surface area contributed by atoms with Crippen molar-refractivity contribution in [3.05, 3.63) is 0 Å². The predicted octanol–water partition coefficient (Wildman–Crippen LogP) is 11.3. The summed E-state index contributed by atoms with van der Waals surface area (Å²) in [7, 11) is 0. The molecule has 0 aliphatic heterocycles. The summed E-state index contributed by atoms with van der Waals surface area (Å²) in [6.07, 6.45) is 36.3. The van der Waals surface area contributed by atoms with Crippen LogP contribution in [0, 0.1) is 130 Å². The lowest BCUT2D eigenvalue weighted by Crippen LogP contribution is -2.31. The molecule has 6 nitrogen and oxygen atoms in total. The first-order chi connectivity index (χ1) is 32.5. The van der Waals surface area contributed by atoms with E-state index in [-0.39, 0.29) is 30.9 Å². The van der Waals surface area contributed by atoms with E-state index in [0.717, 1.165) is 50.3 Å². The molecule has 0 aromatic rings. The first-order valence-electron chi connectivity index (χ1n) is 24.1. The lowest BCUT2D eigenvalue weighted by Gasteiger charge is -2.18. The molecule has 0 spiro atoms. The van der Waals surface area contributed by atoms with Gasteiger partial charge in [0.15, 0.2) is 6.10 Å². The molecule has 0 aromatic heterocycles. The summed E-state index contributed by atoms with van der Waals surface area (Å²) in [5, 5.41) is 2.71. The van der Waals surface area contributed by atoms with E-state index in [0.29, 0.717) is 12.8 Å². The Hall–Kier alpha value is -6.08. The summed E-state index contributed by atoms with van der Waals surface area (Å²) >= 11 is 1.000. The zero-order chi connectivity index (χ0) is 47.9. The van der Waals surface area contributed by atoms with Gasteiger partial charge < -0.3 is 14.2 Å². The molecule has 0 aliphatic rings. The van der Waals surface area contributed by atoms with Crippen molar-refractivity contribution in [3.63, 3.8) is 0 Å². The van der Waals surface area contributed by atoms with Crippen LogP contribution in [-0.2, 0) is 28.6 Å². The maximum absolute atomic E-state index is 12.7. The van der Waals surface area contributed by atoms with Gasteiger partial charge in [-0.05, 0) is 113 Å². The number of thioether (sulfide) groups is 1. The molecule has 0 radical (unpaired) electrons. The van der Waals surface area contributed by atoms with Crippen molar-refractivity contribution < 1.29 is 28.6 Å². The molecular formula is C59H70O6S. The maximum atomic E-state index is 12.7. The Morgan fingerprint density at radius 1 is 0.379 bits per heavy atom. The Morgan fingerprint density at radius 2 is 0.652 bits per heavy atom. The van der Waals surface area contributed by atoms with Crippen molar-refractivity contribution in [2.24, 2.45) is 0 Å². The van der Waals surface area contributed by atoms with Crippen LogP contribution in [0.15, 0.2) is 0 Å². The van der Waals surface area contributed by atoms with Crippen molar-refractivity contribution in [2.75, 3.05) is 19.0 Å². The second-order valence-electron chi connectivity index (χ2n) is 15.4. The Balaban J connectivity index is 4.76. The summed E-state index contributed by atoms with van der Waals surface area (Å²) < 4.78 is 16.5. The van der Waals surface area contributed by atoms with Crippen LogP contribution < -0.4 is 0 Å². The number of carbonyl (C=O) groups is 3. The Labute approximate surface area is 405 Å². The van der Waals surface area contributed by atoms with Gasteiger partial charge in [-0.25, -0.2) is 0 Å². The molecule has 0 atom stereocenters. The minimum absolute atomic E-state index is 0.0965. The Bertz CT molecular complexity index is 2030. The van der Waals surface area contributed by atoms with Gasteiger partial charge in [0, 0.05) is 36.5 Å². The zero-order valence-electron chi connectivity index (χ0n) is 39.9. The SMILES string of the molecule is C#CC#CC#CC#CC#CC#CC#CC#CC#CC#CC#CSCC(=O)OC(COC(=O)CCCCCCCCCCCCCCC)COC(=O)CCCCCCCCCCCCCCC. The molecule has 0 saturated carbocycles. The van der Waals surface area contributed by atoms with Gasteiger partial charge in [0.2, 0.25) is 0 Å². The number of terminal acetylenes is 1. The molecule has 0 unspecified atom stereocenters. The number of esters is 3. The van der Waals surface area contributed by atoms with Gasteiger partial charge in [0.1, 0.15) is 19.0 Å². The van der Waals surface area contributed by atoms with Gasteiger partial charge in [-0.3, -0.25) is 14.4 Å². The third-order valence-electron chi connectivity index (χ3n) is 9.64. The molecule has 0 rings (SSSR count). The highest BCUT2D eigenvalue weighted by molar-refractivity contribution is 8.04. The summed E-state index contributed by atoms with van der Waals surface area (Å²) in [5.74, 6) is 48.3. The normalized spacial score (nSPS) is 8.88. The molecule has 0 amide bonds. The van der Waals surface area contributed by atoms with E-state index < -0.39 is 12.1 Å². The van der Waals surface area contributed by atoms with Crippen LogP contribution in [0.25, 0.3) is 0 Å². The average Bonchev–Trinajstić information content (AvgIpc) is 3.31. The van der Waals surface area contributed by atoms with Crippen LogP contribution in [-0.4, -0.2) is 43.0 Å². The number of hydrogen-bond donors (Lipinski definition) is 0. The fourth-order valence-electron chi connectivity index (χ4n) is 6.15. The van der Waals surface area contributed by atoms with E-state index in [1.165, 1.54) is 128 Å². The van der Waals surface area contributed by atoms with Crippen molar-refractivity contribution in [3.8, 4) is 130 Å². The number of rotatable bonds is 35. The standard InChI is InChI=1S/C59H70O6S/c1-4-7-10-13-16-19-22-25-26-27-28-29-30-31-34-37-40-43-46-49-52-66-55-59(62)65-56(53-63-57(60)50-47-44-41-38-35-32-23-20-17-14-11-8-5-2)54-64-58(61)51-48-45-42-39-36-33-24-21-18-15-12-9-6-3/h1,56H,5-6,8-9,11-12,14-15,17-18,20-21,23-24,32-33,35-36,38-39,41-42,44-45,47-48,50-51,53-55H2,2-3H3. The van der Waals surface area contributed by atoms with Crippen molar-refractivity contribution >= 4 is 29.7 Å². The van der Waals surface area contributed by atoms with Crippen LogP contribution >= 0.6 is 11.8 Å². The van der Waals surface area contributed by atoms with Crippen LogP contribution in [0.5, 0.6) is 0 Å². The van der Waals surface area contributed by atoms with E-state index in [4.69, 9.17) is 20.6 Å². The number of ether oxygens (including phenoxy) is 3. The largest absolute Gasteiger partial charge is 0.462 e. The van der Waals surface area contributed by atoms with E-state index in [2.05, 4.69) is 138 Å². The second kappa shape index (κ2) is 51.6. The molecule has 348 valence electrons. The van der Waals surface area contributed by atoms with Gasteiger partial charge in [-0.15, -0.1) is 6.42 Å². The molecule has 0 bridgehead atoms. The second-order valence-corrected chi connectivity index (χ2v) is 16.2. The van der Waals surface area contributed by atoms with Gasteiger partial charge in [0.25, 0.3) is 0 Å². The Kier molecular flexibility index (Phi) is 46.8. The molecule has 7 heteroatoms. The molecular weight excluding hydrogens is 837 g/mol. The molecule has 0 saturated heterocycles. The number of carbonyl (C=O) groups excluding carboxylic acids is 3. The summed E-state index contributed by atoms with van der Waals surface area (Å²) in [5.41, 5.74) is 0. The molecule has 0 N–H and O–H groups in total. The minimum atomic E-state index is -0.920. The quantitative estimate of drug-likeness (QED) is 0.0271. The van der Waals surface area contributed by atoms with E-state index in [1.807, 2.05) is 0 Å². The molecule has 0 aliphatic carbocycles. The summed E-state index contributed by atoms with van der Waals surface area (Å²) in [6.45, 7) is 4.11. The maximum Gasteiger partial charge on any atom is 0.317 e. The van der Waals surface area contributed by atoms with Crippen LogP contribution in [0.1, 0.15) is 194 Å². The molecule has 0 heterocycles. The highest BCUT2D eigenvalue weighted by Gasteiger charge is 2.19. The number of unbranched alkanes of at least 4 members (excludes halogenated alkanes) is 24. The first-order valence-corrected chi connectivity index (χ1v) is 25.1. The monoisotopic (exact) mass is 906 g/mol. The van der Waals surface area contributed by atoms with Gasteiger partial charge in [-0.2, -0.15) is 0 Å². The van der Waals surface area contributed by atoms with E-state index >= 15 is 0 Å². The van der Waals surface area contributed by atoms with Crippen molar-refractivity contribution in [2.45, 2.75) is 200 Å². The highest BCUT2D eigenvalue weighted by Crippen LogP contribution is 2.15. The molecule has 66 heavy (non-hydrogen) atoms. The van der Waals surface area contributed by atoms with Crippen molar-refractivity contribution in [1.29, 1.82) is 0 Å². The predicted molar refractivity (Wildman–Crippen MR) is 271 cm³/mol. The lowest BCUT2D eigenvalue weighted by molar-refractivity contribution is -0.165. The fraction of sp³-hybridized carbons (Fsp3) is 0.576. The molecule has 0 aromatic carbocycles. The fourth-order valence-corrected chi connectivity index (χ4v) is 6.53. The van der Waals surface area contributed by atoms with Crippen LogP contribution in [0.3, 0.4) is 0 Å². The van der Waals surface area contributed by atoms with Crippen LogP contribution in [0.2, 0.25) is 0 Å². The highest BCUT2D eigenvalue weighted by atomic mass is 32.2. The number of hydrogen-bond acceptors (Lipinski definition) is 7. The first kappa shape index (κ1) is 59.9. The Morgan fingerprint density at radius 3 is 0.955 bits per heavy atom. The van der Waals surface area contributed by atoms with Crippen LogP contribution in [0.4, 0.5) is 0 Å². The summed E-state index contributed by atoms with van der Waals surface area (Å²) in [4.78, 5) is 37.8. The van der Waals surface area contributed by atoms with E-state index in [9.17, 15) is 14.4 Å². The minimum Gasteiger partial charge on any atom is -0.462 e. The van der Waals surface area contributed by atoms with Gasteiger partial charge in [-0.1, -0.05) is 180 Å². The summed E-state index contributed by atoms with van der Waals surface area (Å²) in [6, 6.07) is 0. The van der Waals surface area contributed by atoms with Gasteiger partial charge >= 0.3 is 17.9 Å². The third-order valence-corrected chi connectivity index (χ3v) is 10.3. The third kappa shape index (κ3) is 48.9.